The number of rotatable bonds is 8. The molecule has 0 atom stereocenters. The quantitative estimate of drug-likeness (QED) is 0.584. The lowest BCUT2D eigenvalue weighted by molar-refractivity contribution is -0.117. The van der Waals surface area contributed by atoms with E-state index in [1.165, 1.54) is 5.56 Å². The molecule has 9 heteroatoms. The minimum Gasteiger partial charge on any atom is -0.365 e. The Bertz CT molecular complexity index is 1180. The van der Waals surface area contributed by atoms with E-state index in [0.29, 0.717) is 25.9 Å². The van der Waals surface area contributed by atoms with Crippen LogP contribution in [0.5, 0.6) is 0 Å². The van der Waals surface area contributed by atoms with Gasteiger partial charge in [0.25, 0.3) is 5.91 Å². The minimum absolute atomic E-state index is 0.0388. The summed E-state index contributed by atoms with van der Waals surface area (Å²) >= 11 is 0. The summed E-state index contributed by atoms with van der Waals surface area (Å²) in [6.45, 7) is 2.84. The van der Waals surface area contributed by atoms with Gasteiger partial charge < -0.3 is 11.1 Å². The van der Waals surface area contributed by atoms with E-state index in [1.54, 1.807) is 10.9 Å². The monoisotopic (exact) mass is 492 g/mol. The van der Waals surface area contributed by atoms with Gasteiger partial charge in [-0.2, -0.15) is 10.4 Å². The first-order valence-corrected chi connectivity index (χ1v) is 12.9. The number of carbonyl (C=O) groups excluding carboxylic acids is 2. The maximum Gasteiger partial charge on any atom is 0.254 e. The number of nitriles is 1. The summed E-state index contributed by atoms with van der Waals surface area (Å²) in [5.41, 5.74) is 5.75. The number of benzene rings is 1. The number of nitrogens with zero attached hydrogens (tertiary/aromatic N) is 4. The molecule has 36 heavy (non-hydrogen) atoms. The summed E-state index contributed by atoms with van der Waals surface area (Å²) in [4.78, 5) is 26.5. The molecule has 2 aliphatic carbocycles. The first-order chi connectivity index (χ1) is 17.3. The molecular weight excluding hydrogens is 459 g/mol. The lowest BCUT2D eigenvalue weighted by Crippen LogP contribution is -2.61. The summed E-state index contributed by atoms with van der Waals surface area (Å²) in [5.74, 6) is -0.696. The third-order valence-electron chi connectivity index (χ3n) is 8.25. The van der Waals surface area contributed by atoms with Crippen LogP contribution in [0.3, 0.4) is 0 Å². The molecule has 0 bridgehead atoms. The molecule has 8 nitrogen and oxygen atoms in total. The van der Waals surface area contributed by atoms with E-state index in [1.807, 2.05) is 24.3 Å². The van der Waals surface area contributed by atoms with Gasteiger partial charge in [-0.25, -0.2) is 4.39 Å². The van der Waals surface area contributed by atoms with E-state index in [2.05, 4.69) is 28.3 Å². The first kappa shape index (κ1) is 24.4. The summed E-state index contributed by atoms with van der Waals surface area (Å²) in [6.07, 6.45) is 7.32. The maximum atomic E-state index is 15.5. The van der Waals surface area contributed by atoms with E-state index >= 15 is 4.39 Å². The number of carbonyl (C=O) groups is 2. The third-order valence-corrected chi connectivity index (χ3v) is 8.25. The summed E-state index contributed by atoms with van der Waals surface area (Å²) < 4.78 is 17.2. The molecule has 0 radical (unpaired) electrons. The fourth-order valence-electron chi connectivity index (χ4n) is 5.67. The number of anilines is 1. The molecule has 2 saturated carbocycles. The Labute approximate surface area is 210 Å². The molecule has 0 spiro atoms. The molecule has 2 heterocycles. The normalized spacial score (nSPS) is 25.5. The van der Waals surface area contributed by atoms with Crippen LogP contribution in [0.15, 0.2) is 30.5 Å². The van der Waals surface area contributed by atoms with Crippen LogP contribution in [0, 0.1) is 17.2 Å². The van der Waals surface area contributed by atoms with E-state index in [9.17, 15) is 14.9 Å². The molecule has 3 aliphatic rings. The largest absolute Gasteiger partial charge is 0.365 e. The van der Waals surface area contributed by atoms with Gasteiger partial charge in [-0.1, -0.05) is 31.2 Å². The van der Waals surface area contributed by atoms with Gasteiger partial charge in [0, 0.05) is 31.2 Å². The highest BCUT2D eigenvalue weighted by Gasteiger charge is 2.49. The van der Waals surface area contributed by atoms with Gasteiger partial charge in [0.05, 0.1) is 18.0 Å². The van der Waals surface area contributed by atoms with Gasteiger partial charge in [-0.15, -0.1) is 0 Å². The number of amides is 2. The highest BCUT2D eigenvalue weighted by Crippen LogP contribution is 2.44. The Morgan fingerprint density at radius 1 is 1.19 bits per heavy atom. The second-order valence-corrected chi connectivity index (χ2v) is 10.7. The number of alkyl halides is 1. The van der Waals surface area contributed by atoms with Crippen LogP contribution in [0.2, 0.25) is 0 Å². The summed E-state index contributed by atoms with van der Waals surface area (Å²) in [5, 5.41) is 16.9. The fourth-order valence-corrected chi connectivity index (χ4v) is 5.67. The average molecular weight is 493 g/mol. The summed E-state index contributed by atoms with van der Waals surface area (Å²) in [6, 6.07) is 10.3. The van der Waals surface area contributed by atoms with Gasteiger partial charge in [-0.3, -0.25) is 19.2 Å². The van der Waals surface area contributed by atoms with Crippen molar-refractivity contribution in [3.05, 3.63) is 47.2 Å². The molecule has 190 valence electrons. The number of halogens is 1. The van der Waals surface area contributed by atoms with E-state index in [4.69, 9.17) is 5.73 Å². The third kappa shape index (κ3) is 4.50. The van der Waals surface area contributed by atoms with Crippen LogP contribution < -0.4 is 11.1 Å². The van der Waals surface area contributed by atoms with Crippen molar-refractivity contribution in [2.24, 2.45) is 11.7 Å². The van der Waals surface area contributed by atoms with Crippen molar-refractivity contribution in [3.63, 3.8) is 0 Å². The highest BCUT2D eigenvalue weighted by molar-refractivity contribution is 6.02. The zero-order chi connectivity index (χ0) is 25.5. The summed E-state index contributed by atoms with van der Waals surface area (Å²) in [7, 11) is 0. The minimum atomic E-state index is -1.32. The number of likely N-dealkylation sites (tertiary alicyclic amines) is 1. The first-order valence-electron chi connectivity index (χ1n) is 12.9. The second kappa shape index (κ2) is 9.32. The molecule has 2 aromatic rings. The van der Waals surface area contributed by atoms with Crippen molar-refractivity contribution in [3.8, 4) is 6.07 Å². The smallest absolute Gasteiger partial charge is 0.254 e. The fraction of sp³-hybridized carbons (Fsp3) is 0.556. The van der Waals surface area contributed by atoms with Crippen LogP contribution in [0.4, 0.5) is 10.2 Å². The molecule has 1 aromatic carbocycles. The van der Waals surface area contributed by atoms with Gasteiger partial charge in [0.2, 0.25) is 5.91 Å². The molecule has 2 amide bonds. The van der Waals surface area contributed by atoms with Gasteiger partial charge in [0.1, 0.15) is 5.56 Å². The van der Waals surface area contributed by atoms with Gasteiger partial charge in [0.15, 0.2) is 11.5 Å². The molecule has 1 aliphatic heterocycles. The number of nitrogens with one attached hydrogen (secondary N) is 1. The van der Waals surface area contributed by atoms with Crippen molar-refractivity contribution in [2.75, 3.05) is 18.4 Å². The zero-order valence-electron chi connectivity index (χ0n) is 20.7. The molecule has 3 fully saturated rings. The Kier molecular flexibility index (Phi) is 6.33. The highest BCUT2D eigenvalue weighted by atomic mass is 19.1. The van der Waals surface area contributed by atoms with Crippen molar-refractivity contribution >= 4 is 17.6 Å². The van der Waals surface area contributed by atoms with Crippen molar-refractivity contribution in [2.45, 2.75) is 75.5 Å². The van der Waals surface area contributed by atoms with E-state index in [0.717, 1.165) is 37.7 Å². The lowest BCUT2D eigenvalue weighted by Gasteiger charge is -2.51. The molecule has 1 saturated heterocycles. The topological polar surface area (TPSA) is 117 Å². The second-order valence-electron chi connectivity index (χ2n) is 10.7. The van der Waals surface area contributed by atoms with Crippen LogP contribution in [-0.4, -0.2) is 45.6 Å². The number of primary amides is 1. The molecular formula is C27H33FN6O2. The number of nitrogens with two attached hydrogens (primary N) is 1. The number of hydrogen-bond acceptors (Lipinski definition) is 5. The van der Waals surface area contributed by atoms with Gasteiger partial charge >= 0.3 is 0 Å². The Balaban J connectivity index is 1.27. The number of hydrogen-bond donors (Lipinski definition) is 2. The zero-order valence-corrected chi connectivity index (χ0v) is 20.7. The molecule has 5 rings (SSSR count). The Morgan fingerprint density at radius 2 is 1.86 bits per heavy atom. The molecule has 1 aromatic heterocycles. The standard InChI is InChI=1S/C27H33FN6O2/c1-2-18-3-7-20(8-4-18)27(28)16-33(17-27)21-9-11-26(12-10-21,13-14-29)34-15-22(23(30)35)24(32-34)31-25(36)19-5-6-19/h3-4,7-8,15,19,21H,2,5-6,9-13,16-17H2,1H3,(H2,30,35)(H,31,32,36). The van der Waals surface area contributed by atoms with E-state index in [-0.39, 0.29) is 35.7 Å². The molecule has 3 N–H and O–H groups in total. The van der Waals surface area contributed by atoms with Crippen molar-refractivity contribution < 1.29 is 14.0 Å². The van der Waals surface area contributed by atoms with Gasteiger partial charge in [-0.05, 0) is 56.1 Å². The average Bonchev–Trinajstić information content (AvgIpc) is 3.63. The Hall–Kier alpha value is -3.25. The number of aryl methyl sites for hydroxylation is 1. The number of aromatic nitrogens is 2. The predicted octanol–water partition coefficient (Wildman–Crippen LogP) is 3.63. The molecule has 0 unspecified atom stereocenters. The van der Waals surface area contributed by atoms with Crippen molar-refractivity contribution in [1.82, 2.24) is 14.7 Å². The van der Waals surface area contributed by atoms with Crippen LogP contribution in [0.25, 0.3) is 0 Å². The van der Waals surface area contributed by atoms with Crippen LogP contribution >= 0.6 is 0 Å². The predicted molar refractivity (Wildman–Crippen MR) is 133 cm³/mol. The SMILES string of the molecule is CCc1ccc(C2(F)CN(C3CCC(CC#N)(n4cc(C(N)=O)c(NC(=O)C5CC5)n4)CC3)C2)cc1. The van der Waals surface area contributed by atoms with E-state index < -0.39 is 17.1 Å². The van der Waals surface area contributed by atoms with Crippen LogP contribution in [0.1, 0.15) is 73.4 Å². The lowest BCUT2D eigenvalue weighted by atomic mass is 9.75. The maximum absolute atomic E-state index is 15.5. The van der Waals surface area contributed by atoms with Crippen molar-refractivity contribution in [1.29, 1.82) is 5.26 Å². The Morgan fingerprint density at radius 3 is 2.42 bits per heavy atom. The van der Waals surface area contributed by atoms with Crippen LogP contribution in [-0.2, 0) is 22.4 Å².